The number of benzene rings is 1. The van der Waals surface area contributed by atoms with Crippen LogP contribution in [0.15, 0.2) is 41.8 Å². The molecule has 1 amide bonds. The summed E-state index contributed by atoms with van der Waals surface area (Å²) in [6.45, 7) is 1.82. The van der Waals surface area contributed by atoms with Crippen LogP contribution in [0.25, 0.3) is 10.9 Å². The molecule has 3 rings (SSSR count). The van der Waals surface area contributed by atoms with Crippen molar-refractivity contribution >= 4 is 33.9 Å². The zero-order chi connectivity index (χ0) is 15.5. The lowest BCUT2D eigenvalue weighted by Crippen LogP contribution is -2.34. The van der Waals surface area contributed by atoms with Crippen molar-refractivity contribution in [2.45, 2.75) is 19.4 Å². The normalized spacial score (nSPS) is 12.2. The minimum absolute atomic E-state index is 0.0367. The predicted octanol–water partition coefficient (Wildman–Crippen LogP) is 3.02. The Balaban J connectivity index is 1.67. The summed E-state index contributed by atoms with van der Waals surface area (Å²) in [6.07, 6.45) is 0.272. The number of rotatable bonds is 5. The van der Waals surface area contributed by atoms with Crippen LogP contribution in [0.1, 0.15) is 33.5 Å². The summed E-state index contributed by atoms with van der Waals surface area (Å²) in [7, 11) is 0. The molecule has 0 aliphatic heterocycles. The van der Waals surface area contributed by atoms with E-state index in [4.69, 9.17) is 0 Å². The monoisotopic (exact) mass is 313 g/mol. The van der Waals surface area contributed by atoms with E-state index in [0.29, 0.717) is 10.6 Å². The van der Waals surface area contributed by atoms with Gasteiger partial charge in [0, 0.05) is 17.8 Å². The summed E-state index contributed by atoms with van der Waals surface area (Å²) in [5, 5.41) is 12.4. The Kier molecular flexibility index (Phi) is 4.02. The van der Waals surface area contributed by atoms with Gasteiger partial charge in [0.25, 0.3) is 5.91 Å². The summed E-state index contributed by atoms with van der Waals surface area (Å²) < 4.78 is 0. The Bertz CT molecular complexity index is 808. The zero-order valence-corrected chi connectivity index (χ0v) is 12.8. The van der Waals surface area contributed by atoms with E-state index < -0.39 is 0 Å². The number of Topliss-reactive ketones (excluding diaryl/α,β-unsaturated/α-hetero) is 1. The van der Waals surface area contributed by atoms with Crippen LogP contribution in [0.3, 0.4) is 0 Å². The lowest BCUT2D eigenvalue weighted by Gasteiger charge is -2.11. The van der Waals surface area contributed by atoms with Crippen LogP contribution in [0, 0.1) is 0 Å². The van der Waals surface area contributed by atoms with Crippen LogP contribution in [0.4, 0.5) is 0 Å². The molecule has 0 unspecified atom stereocenters. The quantitative estimate of drug-likeness (QED) is 0.711. The highest BCUT2D eigenvalue weighted by atomic mass is 32.1. The van der Waals surface area contributed by atoms with Gasteiger partial charge in [-0.25, -0.2) is 0 Å². The predicted molar refractivity (Wildman–Crippen MR) is 86.3 cm³/mol. The minimum atomic E-state index is -0.274. The van der Waals surface area contributed by atoms with E-state index >= 15 is 0 Å². The second-order valence-corrected chi connectivity index (χ2v) is 6.04. The largest absolute Gasteiger partial charge is 0.348 e. The number of nitrogens with zero attached hydrogens (tertiary/aromatic N) is 1. The van der Waals surface area contributed by atoms with E-state index in [1.807, 2.05) is 42.6 Å². The Morgan fingerprint density at radius 3 is 2.86 bits per heavy atom. The smallest absolute Gasteiger partial charge is 0.272 e. The first-order valence-corrected chi connectivity index (χ1v) is 7.84. The molecule has 1 aromatic carbocycles. The molecule has 22 heavy (non-hydrogen) atoms. The molecule has 0 spiro atoms. The Labute approximate surface area is 131 Å². The van der Waals surface area contributed by atoms with Gasteiger partial charge < -0.3 is 5.32 Å². The first kappa shape index (κ1) is 14.5. The van der Waals surface area contributed by atoms with Crippen molar-refractivity contribution in [3.8, 4) is 0 Å². The van der Waals surface area contributed by atoms with Crippen LogP contribution in [0.5, 0.6) is 0 Å². The molecule has 0 radical (unpaired) electrons. The molecule has 5 nitrogen and oxygen atoms in total. The van der Waals surface area contributed by atoms with Crippen LogP contribution in [0.2, 0.25) is 0 Å². The fourth-order valence-corrected chi connectivity index (χ4v) is 2.97. The maximum atomic E-state index is 12.3. The lowest BCUT2D eigenvalue weighted by molar-refractivity contribution is 0.0917. The molecule has 0 aliphatic carbocycles. The van der Waals surface area contributed by atoms with Crippen LogP contribution in [-0.2, 0) is 0 Å². The maximum absolute atomic E-state index is 12.3. The molecule has 2 N–H and O–H groups in total. The molecule has 6 heteroatoms. The molecule has 1 atom stereocenters. The molecule has 2 heterocycles. The van der Waals surface area contributed by atoms with Crippen molar-refractivity contribution in [2.24, 2.45) is 0 Å². The highest BCUT2D eigenvalue weighted by Crippen LogP contribution is 2.16. The molecular weight excluding hydrogens is 298 g/mol. The number of aromatic amines is 1. The Hall–Kier alpha value is -2.47. The second kappa shape index (κ2) is 6.11. The third-order valence-corrected chi connectivity index (χ3v) is 4.26. The first-order valence-electron chi connectivity index (χ1n) is 6.96. The van der Waals surface area contributed by atoms with Crippen molar-refractivity contribution < 1.29 is 9.59 Å². The number of fused-ring (bicyclic) bond motifs is 1. The van der Waals surface area contributed by atoms with Gasteiger partial charge in [0.15, 0.2) is 11.5 Å². The number of carbonyl (C=O) groups excluding carboxylic acids is 2. The number of H-pyrrole nitrogens is 1. The van der Waals surface area contributed by atoms with E-state index in [1.54, 1.807) is 6.07 Å². The van der Waals surface area contributed by atoms with Crippen molar-refractivity contribution in [2.75, 3.05) is 0 Å². The molecule has 112 valence electrons. The molecule has 2 aromatic heterocycles. The average Bonchev–Trinajstić information content (AvgIpc) is 3.16. The van der Waals surface area contributed by atoms with E-state index in [2.05, 4.69) is 15.5 Å². The number of aromatic nitrogens is 2. The summed E-state index contributed by atoms with van der Waals surface area (Å²) in [5.41, 5.74) is 1.17. The van der Waals surface area contributed by atoms with Gasteiger partial charge in [0.2, 0.25) is 0 Å². The van der Waals surface area contributed by atoms with Gasteiger partial charge in [-0.1, -0.05) is 24.3 Å². The van der Waals surface area contributed by atoms with Crippen LogP contribution < -0.4 is 5.32 Å². The fraction of sp³-hybridized carbons (Fsp3) is 0.188. The number of hydrogen-bond acceptors (Lipinski definition) is 4. The highest BCUT2D eigenvalue weighted by molar-refractivity contribution is 7.12. The minimum Gasteiger partial charge on any atom is -0.348 e. The number of nitrogens with one attached hydrogen (secondary N) is 2. The fourth-order valence-electron chi connectivity index (χ4n) is 2.30. The number of para-hydroxylation sites is 1. The highest BCUT2D eigenvalue weighted by Gasteiger charge is 2.18. The van der Waals surface area contributed by atoms with Crippen molar-refractivity contribution in [1.82, 2.24) is 15.5 Å². The number of carbonyl (C=O) groups is 2. The van der Waals surface area contributed by atoms with E-state index in [-0.39, 0.29) is 24.2 Å². The van der Waals surface area contributed by atoms with Crippen molar-refractivity contribution in [3.05, 3.63) is 52.3 Å². The third-order valence-electron chi connectivity index (χ3n) is 3.35. The summed E-state index contributed by atoms with van der Waals surface area (Å²) >= 11 is 1.41. The number of hydrogen-bond donors (Lipinski definition) is 2. The van der Waals surface area contributed by atoms with Gasteiger partial charge in [-0.3, -0.25) is 14.7 Å². The van der Waals surface area contributed by atoms with Crippen LogP contribution in [-0.4, -0.2) is 27.9 Å². The van der Waals surface area contributed by atoms with Gasteiger partial charge in [-0.05, 0) is 24.4 Å². The summed E-state index contributed by atoms with van der Waals surface area (Å²) in [6, 6.07) is 10.8. The first-order chi connectivity index (χ1) is 10.6. The standard InChI is InChI=1S/C16H15N3O2S/c1-10(9-13(20)14-7-4-8-22-14)17-16(21)15-11-5-2-3-6-12(11)18-19-15/h2-8,10H,9H2,1H3,(H,17,21)(H,18,19)/t10-/m0/s1. The Morgan fingerprint density at radius 1 is 1.27 bits per heavy atom. The van der Waals surface area contributed by atoms with E-state index in [1.165, 1.54) is 11.3 Å². The number of amides is 1. The van der Waals surface area contributed by atoms with Crippen LogP contribution >= 0.6 is 11.3 Å². The third kappa shape index (κ3) is 2.92. The second-order valence-electron chi connectivity index (χ2n) is 5.10. The summed E-state index contributed by atoms with van der Waals surface area (Å²) in [5.74, 6) is -0.237. The summed E-state index contributed by atoms with van der Waals surface area (Å²) in [4.78, 5) is 25.0. The molecule has 0 aliphatic rings. The SMILES string of the molecule is C[C@@H](CC(=O)c1cccs1)NC(=O)c1n[nH]c2ccccc12. The molecular formula is C16H15N3O2S. The lowest BCUT2D eigenvalue weighted by atomic mass is 10.1. The van der Waals surface area contributed by atoms with E-state index in [9.17, 15) is 9.59 Å². The zero-order valence-electron chi connectivity index (χ0n) is 12.0. The van der Waals surface area contributed by atoms with Gasteiger partial charge in [0.05, 0.1) is 10.4 Å². The van der Waals surface area contributed by atoms with Crippen molar-refractivity contribution in [1.29, 1.82) is 0 Å². The number of ketones is 1. The number of thiophene rings is 1. The van der Waals surface area contributed by atoms with Gasteiger partial charge in [-0.15, -0.1) is 11.3 Å². The average molecular weight is 313 g/mol. The van der Waals surface area contributed by atoms with Gasteiger partial charge in [-0.2, -0.15) is 5.10 Å². The molecule has 0 bridgehead atoms. The van der Waals surface area contributed by atoms with E-state index in [0.717, 1.165) is 10.9 Å². The van der Waals surface area contributed by atoms with Gasteiger partial charge in [0.1, 0.15) is 0 Å². The van der Waals surface area contributed by atoms with Crippen molar-refractivity contribution in [3.63, 3.8) is 0 Å². The molecule has 0 fully saturated rings. The molecule has 3 aromatic rings. The van der Waals surface area contributed by atoms with Gasteiger partial charge >= 0.3 is 0 Å². The topological polar surface area (TPSA) is 74.8 Å². The molecule has 0 saturated carbocycles. The Morgan fingerprint density at radius 2 is 2.09 bits per heavy atom. The maximum Gasteiger partial charge on any atom is 0.272 e. The molecule has 0 saturated heterocycles.